The Balaban J connectivity index is 2.78. The summed E-state index contributed by atoms with van der Waals surface area (Å²) in [7, 11) is 1.64. The van der Waals surface area contributed by atoms with Crippen molar-refractivity contribution in [3.63, 3.8) is 0 Å². The predicted molar refractivity (Wildman–Crippen MR) is 74.3 cm³/mol. The van der Waals surface area contributed by atoms with Crippen molar-refractivity contribution in [2.24, 2.45) is 0 Å². The normalized spacial score (nSPS) is 10.3. The number of carboxylic acid groups (broad SMARTS) is 1. The van der Waals surface area contributed by atoms with Gasteiger partial charge >= 0.3 is 5.97 Å². The lowest BCUT2D eigenvalue weighted by Gasteiger charge is -2.15. The number of carboxylic acids is 1. The van der Waals surface area contributed by atoms with Crippen LogP contribution in [0.4, 0.5) is 0 Å². The predicted octanol–water partition coefficient (Wildman–Crippen LogP) is 1.28. The van der Waals surface area contributed by atoms with Crippen LogP contribution in [-0.4, -0.2) is 44.6 Å². The lowest BCUT2D eigenvalue weighted by atomic mass is 10.2. The van der Waals surface area contributed by atoms with E-state index < -0.39 is 12.6 Å². The summed E-state index contributed by atoms with van der Waals surface area (Å²) in [5, 5.41) is 11.9. The molecule has 20 heavy (non-hydrogen) atoms. The highest BCUT2D eigenvalue weighted by molar-refractivity contribution is 5.68. The van der Waals surface area contributed by atoms with E-state index in [0.29, 0.717) is 37.8 Å². The van der Waals surface area contributed by atoms with Crippen molar-refractivity contribution < 1.29 is 24.1 Å². The second-order valence-electron chi connectivity index (χ2n) is 4.03. The number of ether oxygens (including phenoxy) is 3. The van der Waals surface area contributed by atoms with Gasteiger partial charge in [-0.1, -0.05) is 12.1 Å². The van der Waals surface area contributed by atoms with E-state index in [4.69, 9.17) is 19.3 Å². The zero-order valence-electron chi connectivity index (χ0n) is 11.8. The lowest BCUT2D eigenvalue weighted by Crippen LogP contribution is -2.20. The van der Waals surface area contributed by atoms with Crippen molar-refractivity contribution in [3.8, 4) is 11.5 Å². The van der Waals surface area contributed by atoms with Gasteiger partial charge < -0.3 is 24.6 Å². The highest BCUT2D eigenvalue weighted by Gasteiger charge is 2.12. The minimum atomic E-state index is -1.02. The number of nitrogens with one attached hydrogen (secondary N) is 1. The molecule has 0 bridgehead atoms. The largest absolute Gasteiger partial charge is 0.490 e. The molecule has 0 atom stereocenters. The summed E-state index contributed by atoms with van der Waals surface area (Å²) in [6.45, 7) is 3.83. The van der Waals surface area contributed by atoms with Gasteiger partial charge in [-0.3, -0.25) is 0 Å². The van der Waals surface area contributed by atoms with Gasteiger partial charge in [-0.2, -0.15) is 0 Å². The van der Waals surface area contributed by atoms with E-state index in [1.807, 2.05) is 19.1 Å². The van der Waals surface area contributed by atoms with Crippen molar-refractivity contribution in [1.82, 2.24) is 5.32 Å². The number of aliphatic carboxylic acids is 1. The van der Waals surface area contributed by atoms with Gasteiger partial charge in [-0.25, -0.2) is 4.79 Å². The third-order valence-electron chi connectivity index (χ3n) is 2.50. The molecule has 1 rings (SSSR count). The molecule has 0 heterocycles. The smallest absolute Gasteiger partial charge is 0.341 e. The molecule has 0 fully saturated rings. The first kappa shape index (κ1) is 16.3. The SMILES string of the molecule is CCOc1cccc(CNCCOC)c1OCC(=O)O. The average Bonchev–Trinajstić information content (AvgIpc) is 2.43. The fourth-order valence-electron chi connectivity index (χ4n) is 1.66. The minimum Gasteiger partial charge on any atom is -0.490 e. The fraction of sp³-hybridized carbons (Fsp3) is 0.500. The number of methoxy groups -OCH3 is 1. The van der Waals surface area contributed by atoms with Crippen molar-refractivity contribution in [2.75, 3.05) is 33.5 Å². The minimum absolute atomic E-state index is 0.394. The maximum atomic E-state index is 10.7. The van der Waals surface area contributed by atoms with Gasteiger partial charge in [0.1, 0.15) is 0 Å². The first-order valence-electron chi connectivity index (χ1n) is 6.48. The summed E-state index contributed by atoms with van der Waals surface area (Å²) in [5.41, 5.74) is 0.855. The van der Waals surface area contributed by atoms with Crippen LogP contribution in [0.1, 0.15) is 12.5 Å². The number of hydrogen-bond donors (Lipinski definition) is 2. The number of benzene rings is 1. The maximum Gasteiger partial charge on any atom is 0.341 e. The van der Waals surface area contributed by atoms with Crippen LogP contribution in [0.5, 0.6) is 11.5 Å². The molecule has 0 aliphatic heterocycles. The van der Waals surface area contributed by atoms with E-state index in [2.05, 4.69) is 5.32 Å². The molecule has 0 aliphatic rings. The van der Waals surface area contributed by atoms with Gasteiger partial charge in [0.15, 0.2) is 18.1 Å². The molecule has 0 unspecified atom stereocenters. The third-order valence-corrected chi connectivity index (χ3v) is 2.50. The van der Waals surface area contributed by atoms with E-state index in [1.54, 1.807) is 13.2 Å². The van der Waals surface area contributed by atoms with Crippen LogP contribution in [-0.2, 0) is 16.1 Å². The summed E-state index contributed by atoms with van der Waals surface area (Å²) in [5.74, 6) is 0.0102. The molecule has 0 amide bonds. The Kier molecular flexibility index (Phi) is 7.46. The molecule has 0 aliphatic carbocycles. The third kappa shape index (κ3) is 5.46. The summed E-state index contributed by atoms with van der Waals surface area (Å²) < 4.78 is 15.8. The Morgan fingerprint density at radius 2 is 2.15 bits per heavy atom. The monoisotopic (exact) mass is 283 g/mol. The molecule has 2 N–H and O–H groups in total. The topological polar surface area (TPSA) is 77.0 Å². The van der Waals surface area contributed by atoms with Crippen LogP contribution in [0.15, 0.2) is 18.2 Å². The Morgan fingerprint density at radius 1 is 1.35 bits per heavy atom. The van der Waals surface area contributed by atoms with Crippen molar-refractivity contribution in [3.05, 3.63) is 23.8 Å². The second-order valence-corrected chi connectivity index (χ2v) is 4.03. The number of carbonyl (C=O) groups is 1. The summed E-state index contributed by atoms with van der Waals surface area (Å²) >= 11 is 0. The number of rotatable bonds is 10. The molecule has 0 saturated carbocycles. The van der Waals surface area contributed by atoms with E-state index in [0.717, 1.165) is 5.56 Å². The molecule has 0 saturated heterocycles. The summed E-state index contributed by atoms with van der Waals surface area (Å²) in [4.78, 5) is 10.7. The van der Waals surface area contributed by atoms with Crippen LogP contribution >= 0.6 is 0 Å². The summed E-state index contributed by atoms with van der Waals surface area (Å²) in [6.07, 6.45) is 0. The number of hydrogen-bond acceptors (Lipinski definition) is 5. The molecule has 112 valence electrons. The lowest BCUT2D eigenvalue weighted by molar-refractivity contribution is -0.139. The maximum absolute atomic E-state index is 10.7. The zero-order chi connectivity index (χ0) is 14.8. The Hall–Kier alpha value is -1.79. The average molecular weight is 283 g/mol. The van der Waals surface area contributed by atoms with Gasteiger partial charge in [0, 0.05) is 25.8 Å². The molecule has 6 nitrogen and oxygen atoms in total. The van der Waals surface area contributed by atoms with Crippen molar-refractivity contribution in [2.45, 2.75) is 13.5 Å². The quantitative estimate of drug-likeness (QED) is 0.630. The molecule has 1 aromatic carbocycles. The molecule has 6 heteroatoms. The van der Waals surface area contributed by atoms with E-state index >= 15 is 0 Å². The first-order valence-corrected chi connectivity index (χ1v) is 6.48. The van der Waals surface area contributed by atoms with Gasteiger partial charge in [-0.05, 0) is 13.0 Å². The van der Waals surface area contributed by atoms with Crippen LogP contribution in [0.3, 0.4) is 0 Å². The van der Waals surface area contributed by atoms with Crippen LogP contribution in [0.2, 0.25) is 0 Å². The van der Waals surface area contributed by atoms with Crippen LogP contribution < -0.4 is 14.8 Å². The van der Waals surface area contributed by atoms with Crippen LogP contribution in [0, 0.1) is 0 Å². The Bertz CT molecular complexity index is 422. The molecular weight excluding hydrogens is 262 g/mol. The fourth-order valence-corrected chi connectivity index (χ4v) is 1.66. The van der Waals surface area contributed by atoms with E-state index in [9.17, 15) is 4.79 Å². The Morgan fingerprint density at radius 3 is 2.80 bits per heavy atom. The van der Waals surface area contributed by atoms with Gasteiger partial charge in [-0.15, -0.1) is 0 Å². The second kappa shape index (κ2) is 9.17. The molecule has 1 aromatic rings. The van der Waals surface area contributed by atoms with E-state index in [1.165, 1.54) is 0 Å². The number of para-hydroxylation sites is 1. The molecule has 0 radical (unpaired) electrons. The molecule has 0 spiro atoms. The van der Waals surface area contributed by atoms with Crippen LogP contribution in [0.25, 0.3) is 0 Å². The van der Waals surface area contributed by atoms with Crippen molar-refractivity contribution >= 4 is 5.97 Å². The van der Waals surface area contributed by atoms with E-state index in [-0.39, 0.29) is 0 Å². The van der Waals surface area contributed by atoms with Crippen molar-refractivity contribution in [1.29, 1.82) is 0 Å². The van der Waals surface area contributed by atoms with Gasteiger partial charge in [0.05, 0.1) is 13.2 Å². The highest BCUT2D eigenvalue weighted by atomic mass is 16.5. The van der Waals surface area contributed by atoms with Gasteiger partial charge in [0.25, 0.3) is 0 Å². The summed E-state index contributed by atoms with van der Waals surface area (Å²) in [6, 6.07) is 5.49. The highest BCUT2D eigenvalue weighted by Crippen LogP contribution is 2.31. The first-order chi connectivity index (χ1) is 9.69. The zero-order valence-corrected chi connectivity index (χ0v) is 11.8. The Labute approximate surface area is 118 Å². The molecule has 0 aromatic heterocycles. The van der Waals surface area contributed by atoms with Gasteiger partial charge in [0.2, 0.25) is 0 Å². The molecular formula is C14H21NO5. The standard InChI is InChI=1S/C14H21NO5/c1-3-19-12-6-4-5-11(9-15-7-8-18-2)14(12)20-10-13(16)17/h4-6,15H,3,7-10H2,1-2H3,(H,16,17).